The second-order valence-electron chi connectivity index (χ2n) is 6.33. The van der Waals surface area contributed by atoms with E-state index in [4.69, 9.17) is 5.11 Å². The topological polar surface area (TPSA) is 141 Å². The fraction of sp³-hybridized carbons (Fsp3) is 0.588. The number of hydrogen-bond donors (Lipinski definition) is 4. The van der Waals surface area contributed by atoms with Crippen LogP contribution in [0.1, 0.15) is 55.7 Å². The lowest BCUT2D eigenvalue weighted by Crippen LogP contribution is -2.46. The summed E-state index contributed by atoms with van der Waals surface area (Å²) in [7, 11) is 0. The summed E-state index contributed by atoms with van der Waals surface area (Å²) in [4.78, 5) is 47.5. The summed E-state index contributed by atoms with van der Waals surface area (Å²) in [5, 5.41) is 20.1. The summed E-state index contributed by atoms with van der Waals surface area (Å²) in [6, 6.07) is -1.03. The van der Waals surface area contributed by atoms with E-state index < -0.39 is 35.9 Å². The van der Waals surface area contributed by atoms with Gasteiger partial charge in [0.05, 0.1) is 12.2 Å². The van der Waals surface area contributed by atoms with Gasteiger partial charge in [0, 0.05) is 0 Å². The van der Waals surface area contributed by atoms with Crippen molar-refractivity contribution in [2.45, 2.75) is 53.0 Å². The third-order valence-corrected chi connectivity index (χ3v) is 3.84. The Morgan fingerprint density at radius 2 is 1.85 bits per heavy atom. The molecule has 1 rings (SSSR count). The standard InChI is InChI=1S/C17H26N4O5/c1-5-10-11(6-2)20-21-16(24)14(10)15(23)18-8-13(22)19-12(17(25)26)7-9(3)4/h9,12H,5-8H2,1-4H3,(H,18,23)(H,19,22)(H,21,24)(H,25,26)/t12-/m0/s1. The molecule has 0 aliphatic heterocycles. The van der Waals surface area contributed by atoms with Crippen LogP contribution in [0.25, 0.3) is 0 Å². The number of amides is 2. The van der Waals surface area contributed by atoms with Crippen LogP contribution in [0.5, 0.6) is 0 Å². The molecule has 0 fully saturated rings. The molecule has 9 heteroatoms. The second-order valence-corrected chi connectivity index (χ2v) is 6.33. The lowest BCUT2D eigenvalue weighted by molar-refractivity contribution is -0.142. The molecule has 26 heavy (non-hydrogen) atoms. The van der Waals surface area contributed by atoms with Gasteiger partial charge >= 0.3 is 5.97 Å². The third-order valence-electron chi connectivity index (χ3n) is 3.84. The first-order chi connectivity index (χ1) is 12.2. The maximum Gasteiger partial charge on any atom is 0.326 e. The van der Waals surface area contributed by atoms with Gasteiger partial charge in [-0.3, -0.25) is 14.4 Å². The Labute approximate surface area is 151 Å². The third kappa shape index (κ3) is 5.68. The Kier molecular flexibility index (Phi) is 7.95. The van der Waals surface area contributed by atoms with Gasteiger partial charge in [-0.1, -0.05) is 27.7 Å². The van der Waals surface area contributed by atoms with Gasteiger partial charge < -0.3 is 15.7 Å². The highest BCUT2D eigenvalue weighted by atomic mass is 16.4. The number of carboxylic acid groups (broad SMARTS) is 1. The minimum absolute atomic E-state index is 0.0656. The number of carbonyl (C=O) groups excluding carboxylic acids is 2. The number of nitrogens with zero attached hydrogens (tertiary/aromatic N) is 1. The predicted molar refractivity (Wildman–Crippen MR) is 95.0 cm³/mol. The van der Waals surface area contributed by atoms with Gasteiger partial charge in [-0.05, 0) is 30.7 Å². The van der Waals surface area contributed by atoms with Gasteiger partial charge in [-0.2, -0.15) is 5.10 Å². The van der Waals surface area contributed by atoms with Gasteiger partial charge in [0.2, 0.25) is 5.91 Å². The van der Waals surface area contributed by atoms with Gasteiger partial charge in [0.1, 0.15) is 11.6 Å². The number of nitrogens with one attached hydrogen (secondary N) is 3. The van der Waals surface area contributed by atoms with Crippen molar-refractivity contribution < 1.29 is 19.5 Å². The maximum atomic E-state index is 12.4. The summed E-state index contributed by atoms with van der Waals surface area (Å²) in [5.74, 6) is -2.37. The van der Waals surface area contributed by atoms with Crippen LogP contribution >= 0.6 is 0 Å². The molecule has 0 saturated carbocycles. The smallest absolute Gasteiger partial charge is 0.326 e. The Morgan fingerprint density at radius 3 is 2.35 bits per heavy atom. The normalized spacial score (nSPS) is 11.9. The van der Waals surface area contributed by atoms with E-state index in [0.29, 0.717) is 24.1 Å². The summed E-state index contributed by atoms with van der Waals surface area (Å²) in [5.41, 5.74) is 0.464. The molecule has 0 radical (unpaired) electrons. The lowest BCUT2D eigenvalue weighted by atomic mass is 10.0. The van der Waals surface area contributed by atoms with Gasteiger partial charge in [0.15, 0.2) is 0 Å². The number of aromatic nitrogens is 2. The van der Waals surface area contributed by atoms with Crippen molar-refractivity contribution >= 4 is 17.8 Å². The average molecular weight is 366 g/mol. The van der Waals surface area contributed by atoms with Crippen molar-refractivity contribution in [3.63, 3.8) is 0 Å². The molecule has 144 valence electrons. The van der Waals surface area contributed by atoms with E-state index >= 15 is 0 Å². The van der Waals surface area contributed by atoms with Gasteiger partial charge in [0.25, 0.3) is 11.5 Å². The minimum Gasteiger partial charge on any atom is -0.480 e. The molecule has 0 aliphatic rings. The van der Waals surface area contributed by atoms with E-state index in [9.17, 15) is 19.2 Å². The fourth-order valence-corrected chi connectivity index (χ4v) is 2.62. The molecule has 0 aromatic carbocycles. The van der Waals surface area contributed by atoms with E-state index in [1.165, 1.54) is 0 Å². The molecular formula is C17H26N4O5. The molecule has 1 atom stereocenters. The van der Waals surface area contributed by atoms with E-state index in [1.54, 1.807) is 0 Å². The molecule has 0 spiro atoms. The van der Waals surface area contributed by atoms with Crippen molar-refractivity contribution in [2.75, 3.05) is 6.54 Å². The summed E-state index contributed by atoms with van der Waals surface area (Å²) in [6.07, 6.45) is 1.28. The first kappa shape index (κ1) is 21.3. The molecule has 2 amide bonds. The van der Waals surface area contributed by atoms with Crippen LogP contribution in [-0.2, 0) is 22.4 Å². The van der Waals surface area contributed by atoms with Crippen molar-refractivity contribution in [1.29, 1.82) is 0 Å². The number of aliphatic carboxylic acids is 1. The average Bonchev–Trinajstić information content (AvgIpc) is 2.58. The molecule has 0 saturated heterocycles. The zero-order valence-corrected chi connectivity index (χ0v) is 15.5. The number of H-pyrrole nitrogens is 1. The number of aromatic amines is 1. The van der Waals surface area contributed by atoms with Crippen LogP contribution in [0.15, 0.2) is 4.79 Å². The number of hydrogen-bond acceptors (Lipinski definition) is 5. The molecule has 0 unspecified atom stereocenters. The molecule has 9 nitrogen and oxygen atoms in total. The largest absolute Gasteiger partial charge is 0.480 e. The van der Waals surface area contributed by atoms with Crippen LogP contribution in [-0.4, -0.2) is 45.7 Å². The molecule has 1 heterocycles. The molecule has 4 N–H and O–H groups in total. The number of carbonyl (C=O) groups is 3. The molecular weight excluding hydrogens is 340 g/mol. The fourth-order valence-electron chi connectivity index (χ4n) is 2.62. The zero-order chi connectivity index (χ0) is 19.9. The molecule has 0 aliphatic carbocycles. The van der Waals surface area contributed by atoms with Crippen molar-refractivity contribution in [1.82, 2.24) is 20.8 Å². The second kappa shape index (κ2) is 9.69. The minimum atomic E-state index is -1.13. The predicted octanol–water partition coefficient (Wildman–Crippen LogP) is 0.240. The first-order valence-corrected chi connectivity index (χ1v) is 8.61. The summed E-state index contributed by atoms with van der Waals surface area (Å²) in [6.45, 7) is 6.93. The van der Waals surface area contributed by atoms with E-state index in [2.05, 4.69) is 20.8 Å². The molecule has 0 bridgehead atoms. The summed E-state index contributed by atoms with van der Waals surface area (Å²) >= 11 is 0. The van der Waals surface area contributed by atoms with Gasteiger partial charge in [-0.15, -0.1) is 0 Å². The van der Waals surface area contributed by atoms with E-state index in [0.717, 1.165) is 0 Å². The molecule has 1 aromatic heterocycles. The van der Waals surface area contributed by atoms with Crippen molar-refractivity contribution in [3.05, 3.63) is 27.2 Å². The number of carboxylic acids is 1. The Balaban J connectivity index is 2.82. The Hall–Kier alpha value is -2.71. The highest BCUT2D eigenvalue weighted by Gasteiger charge is 2.23. The lowest BCUT2D eigenvalue weighted by Gasteiger charge is -2.17. The zero-order valence-electron chi connectivity index (χ0n) is 15.5. The first-order valence-electron chi connectivity index (χ1n) is 8.61. The maximum absolute atomic E-state index is 12.4. The number of aryl methyl sites for hydroxylation is 1. The van der Waals surface area contributed by atoms with Crippen LogP contribution in [0, 0.1) is 5.92 Å². The number of rotatable bonds is 9. The highest BCUT2D eigenvalue weighted by molar-refractivity contribution is 5.97. The van der Waals surface area contributed by atoms with Crippen molar-refractivity contribution in [3.8, 4) is 0 Å². The quantitative estimate of drug-likeness (QED) is 0.493. The van der Waals surface area contributed by atoms with Crippen LogP contribution < -0.4 is 16.2 Å². The monoisotopic (exact) mass is 366 g/mol. The van der Waals surface area contributed by atoms with Crippen molar-refractivity contribution in [2.24, 2.45) is 5.92 Å². The van der Waals surface area contributed by atoms with Crippen LogP contribution in [0.3, 0.4) is 0 Å². The van der Waals surface area contributed by atoms with E-state index in [-0.39, 0.29) is 17.9 Å². The Bertz CT molecular complexity index is 726. The van der Waals surface area contributed by atoms with Crippen LogP contribution in [0.4, 0.5) is 0 Å². The SMILES string of the molecule is CCc1n[nH]c(=O)c(C(=O)NCC(=O)N[C@@H](CC(C)C)C(=O)O)c1CC. The Morgan fingerprint density at radius 1 is 1.19 bits per heavy atom. The summed E-state index contributed by atoms with van der Waals surface area (Å²) < 4.78 is 0. The van der Waals surface area contributed by atoms with Crippen LogP contribution in [0.2, 0.25) is 0 Å². The van der Waals surface area contributed by atoms with Gasteiger partial charge in [-0.25, -0.2) is 9.89 Å². The molecule has 1 aromatic rings. The van der Waals surface area contributed by atoms with E-state index in [1.807, 2.05) is 27.7 Å². The highest BCUT2D eigenvalue weighted by Crippen LogP contribution is 2.10.